The summed E-state index contributed by atoms with van der Waals surface area (Å²) in [6, 6.07) is 11.9. The van der Waals surface area contributed by atoms with Gasteiger partial charge in [-0.05, 0) is 36.2 Å². The van der Waals surface area contributed by atoms with Crippen LogP contribution in [0.25, 0.3) is 11.0 Å². The number of aromatic nitrogens is 2. The van der Waals surface area contributed by atoms with Gasteiger partial charge in [0.15, 0.2) is 0 Å². The molecule has 0 aliphatic rings. The molecule has 3 aromatic rings. The SMILES string of the molecule is CCCC[n+]1c(NCc2cc(Br)cc(Br)c2[O-])[nH]c2ccccc21. The van der Waals surface area contributed by atoms with Gasteiger partial charge in [-0.25, -0.2) is 9.55 Å². The molecule has 0 radical (unpaired) electrons. The molecule has 0 atom stereocenters. The maximum absolute atomic E-state index is 12.2. The second-order valence-corrected chi connectivity index (χ2v) is 7.50. The molecular formula is C18H19Br2N3O. The molecule has 0 spiro atoms. The number of anilines is 1. The smallest absolute Gasteiger partial charge is 0.356 e. The fourth-order valence-electron chi connectivity index (χ4n) is 2.74. The summed E-state index contributed by atoms with van der Waals surface area (Å²) in [5.41, 5.74) is 2.98. The molecule has 24 heavy (non-hydrogen) atoms. The van der Waals surface area contributed by atoms with Gasteiger partial charge in [-0.15, -0.1) is 0 Å². The molecule has 0 saturated heterocycles. The Morgan fingerprint density at radius 3 is 2.79 bits per heavy atom. The second kappa shape index (κ2) is 7.57. The van der Waals surface area contributed by atoms with Gasteiger partial charge in [0, 0.05) is 8.95 Å². The third-order valence-corrected chi connectivity index (χ3v) is 5.03. The minimum absolute atomic E-state index is 0.0157. The van der Waals surface area contributed by atoms with E-state index in [1.54, 1.807) is 6.07 Å². The van der Waals surface area contributed by atoms with Crippen LogP contribution in [-0.2, 0) is 13.1 Å². The van der Waals surface area contributed by atoms with E-state index in [1.165, 1.54) is 5.52 Å². The summed E-state index contributed by atoms with van der Waals surface area (Å²) in [7, 11) is 0. The lowest BCUT2D eigenvalue weighted by Gasteiger charge is -2.15. The Bertz CT molecular complexity index is 861. The van der Waals surface area contributed by atoms with Crippen LogP contribution < -0.4 is 15.0 Å². The van der Waals surface area contributed by atoms with Crippen LogP contribution >= 0.6 is 31.9 Å². The minimum atomic E-state index is 0.0157. The molecule has 2 aromatic carbocycles. The Hall–Kier alpha value is -1.53. The predicted molar refractivity (Wildman–Crippen MR) is 102 cm³/mol. The lowest BCUT2D eigenvalue weighted by Crippen LogP contribution is -2.36. The standard InChI is InChI=1S/C18H19Br2N3O/c1-2-3-8-23-16-7-5-4-6-15(16)22-18(23)21-11-12-9-13(19)10-14(20)17(12)24/h4-7,9-10H,2-3,8,11H2,1H3,(H2,21,22,24). The van der Waals surface area contributed by atoms with Gasteiger partial charge in [0.1, 0.15) is 11.0 Å². The molecule has 0 fully saturated rings. The van der Waals surface area contributed by atoms with Crippen molar-refractivity contribution in [2.75, 3.05) is 5.32 Å². The number of imidazole rings is 1. The van der Waals surface area contributed by atoms with Gasteiger partial charge < -0.3 is 5.11 Å². The topological polar surface area (TPSA) is 54.8 Å². The maximum Gasteiger partial charge on any atom is 0.356 e. The zero-order valence-corrected chi connectivity index (χ0v) is 16.6. The van der Waals surface area contributed by atoms with Crippen LogP contribution in [0.3, 0.4) is 0 Å². The Morgan fingerprint density at radius 2 is 2.00 bits per heavy atom. The number of halogens is 2. The number of H-pyrrole nitrogens is 1. The summed E-state index contributed by atoms with van der Waals surface area (Å²) in [5, 5.41) is 15.6. The van der Waals surface area contributed by atoms with Gasteiger partial charge in [-0.3, -0.25) is 5.32 Å². The van der Waals surface area contributed by atoms with E-state index in [0.717, 1.165) is 40.9 Å². The molecule has 3 rings (SSSR count). The van der Waals surface area contributed by atoms with Gasteiger partial charge in [0.2, 0.25) is 0 Å². The van der Waals surface area contributed by atoms with Crippen molar-refractivity contribution < 1.29 is 9.67 Å². The van der Waals surface area contributed by atoms with E-state index in [9.17, 15) is 5.11 Å². The number of hydrogen-bond donors (Lipinski definition) is 2. The first-order valence-corrected chi connectivity index (χ1v) is 9.58. The number of benzene rings is 2. The number of hydrogen-bond acceptors (Lipinski definition) is 2. The van der Waals surface area contributed by atoms with Crippen LogP contribution in [0.5, 0.6) is 5.75 Å². The lowest BCUT2D eigenvalue weighted by molar-refractivity contribution is -0.657. The molecular weight excluding hydrogens is 434 g/mol. The van der Waals surface area contributed by atoms with Crippen LogP contribution in [0.15, 0.2) is 45.3 Å². The van der Waals surface area contributed by atoms with Gasteiger partial charge in [-0.1, -0.05) is 63.1 Å². The van der Waals surface area contributed by atoms with Crippen LogP contribution in [-0.4, -0.2) is 4.98 Å². The number of nitrogens with zero attached hydrogens (tertiary/aromatic N) is 1. The molecule has 0 unspecified atom stereocenters. The van der Waals surface area contributed by atoms with E-state index in [1.807, 2.05) is 18.2 Å². The molecule has 2 N–H and O–H groups in total. The first kappa shape index (κ1) is 17.3. The van der Waals surface area contributed by atoms with Crippen LogP contribution in [0, 0.1) is 0 Å². The molecule has 126 valence electrons. The van der Waals surface area contributed by atoms with Crippen molar-refractivity contribution in [3.63, 3.8) is 0 Å². The van der Waals surface area contributed by atoms with Gasteiger partial charge in [-0.2, -0.15) is 0 Å². The molecule has 1 heterocycles. The highest BCUT2D eigenvalue weighted by Gasteiger charge is 2.16. The van der Waals surface area contributed by atoms with E-state index >= 15 is 0 Å². The van der Waals surface area contributed by atoms with E-state index < -0.39 is 0 Å². The van der Waals surface area contributed by atoms with Crippen molar-refractivity contribution >= 4 is 48.8 Å². The van der Waals surface area contributed by atoms with Crippen molar-refractivity contribution in [1.82, 2.24) is 4.98 Å². The highest BCUT2D eigenvalue weighted by molar-refractivity contribution is 9.11. The van der Waals surface area contributed by atoms with Crippen molar-refractivity contribution in [2.45, 2.75) is 32.9 Å². The summed E-state index contributed by atoms with van der Waals surface area (Å²) in [4.78, 5) is 3.42. The fraction of sp³-hybridized carbons (Fsp3) is 0.278. The number of aromatic amines is 1. The molecule has 1 aromatic heterocycles. The molecule has 0 amide bonds. The summed E-state index contributed by atoms with van der Waals surface area (Å²) in [5.74, 6) is 0.946. The molecule has 6 heteroatoms. The zero-order valence-electron chi connectivity index (χ0n) is 13.4. The minimum Gasteiger partial charge on any atom is -0.871 e. The third-order valence-electron chi connectivity index (χ3n) is 3.98. The monoisotopic (exact) mass is 451 g/mol. The van der Waals surface area contributed by atoms with Gasteiger partial charge in [0.25, 0.3) is 0 Å². The average Bonchev–Trinajstić information content (AvgIpc) is 2.92. The lowest BCUT2D eigenvalue weighted by atomic mass is 10.2. The molecule has 0 aliphatic carbocycles. The Balaban J connectivity index is 1.90. The second-order valence-electron chi connectivity index (χ2n) is 5.73. The molecule has 0 aliphatic heterocycles. The number of nitrogens with one attached hydrogen (secondary N) is 2. The molecule has 4 nitrogen and oxygen atoms in total. The maximum atomic E-state index is 12.2. The summed E-state index contributed by atoms with van der Waals surface area (Å²) < 4.78 is 3.71. The van der Waals surface area contributed by atoms with E-state index in [4.69, 9.17) is 0 Å². The third kappa shape index (κ3) is 3.59. The van der Waals surface area contributed by atoms with Crippen molar-refractivity contribution in [1.29, 1.82) is 0 Å². The fourth-order valence-corrected chi connectivity index (χ4v) is 4.06. The van der Waals surface area contributed by atoms with Gasteiger partial charge in [0.05, 0.1) is 13.1 Å². The number of para-hydroxylation sites is 2. The van der Waals surface area contributed by atoms with Crippen LogP contribution in [0.4, 0.5) is 5.95 Å². The first-order chi connectivity index (χ1) is 11.6. The van der Waals surface area contributed by atoms with E-state index in [-0.39, 0.29) is 5.75 Å². The Morgan fingerprint density at radius 1 is 1.21 bits per heavy atom. The first-order valence-electron chi connectivity index (χ1n) is 7.99. The Kier molecular flexibility index (Phi) is 5.46. The number of aryl methyl sites for hydroxylation is 1. The predicted octanol–water partition coefficient (Wildman–Crippen LogP) is 4.47. The van der Waals surface area contributed by atoms with Gasteiger partial charge >= 0.3 is 5.95 Å². The quantitative estimate of drug-likeness (QED) is 0.542. The molecule has 0 saturated carbocycles. The number of rotatable bonds is 6. The largest absolute Gasteiger partial charge is 0.871 e. The van der Waals surface area contributed by atoms with Crippen molar-refractivity contribution in [2.24, 2.45) is 0 Å². The zero-order chi connectivity index (χ0) is 17.1. The number of unbranched alkanes of at least 4 members (excludes halogenated alkanes) is 1. The van der Waals surface area contributed by atoms with Crippen molar-refractivity contribution in [3.05, 3.63) is 50.9 Å². The Labute approximate surface area is 158 Å². The number of fused-ring (bicyclic) bond motifs is 1. The highest BCUT2D eigenvalue weighted by atomic mass is 79.9. The molecule has 0 bridgehead atoms. The van der Waals surface area contributed by atoms with E-state index in [2.05, 4.69) is 65.8 Å². The summed E-state index contributed by atoms with van der Waals surface area (Å²) in [6.07, 6.45) is 2.24. The normalized spacial score (nSPS) is 11.1. The summed E-state index contributed by atoms with van der Waals surface area (Å²) >= 11 is 6.76. The highest BCUT2D eigenvalue weighted by Crippen LogP contribution is 2.30. The van der Waals surface area contributed by atoms with E-state index in [0.29, 0.717) is 11.0 Å². The van der Waals surface area contributed by atoms with Crippen LogP contribution in [0.1, 0.15) is 25.3 Å². The summed E-state index contributed by atoms with van der Waals surface area (Å²) in [6.45, 7) is 3.59. The average molecular weight is 453 g/mol. The van der Waals surface area contributed by atoms with Crippen LogP contribution in [0.2, 0.25) is 0 Å². The van der Waals surface area contributed by atoms with Crippen molar-refractivity contribution in [3.8, 4) is 5.75 Å².